The van der Waals surface area contributed by atoms with Crippen LogP contribution in [0.3, 0.4) is 0 Å². The lowest BCUT2D eigenvalue weighted by molar-refractivity contribution is 0.348. The molecule has 0 N–H and O–H groups in total. The Bertz CT molecular complexity index is 336. The number of hydrogen-bond acceptors (Lipinski definition) is 2. The van der Waals surface area contributed by atoms with Crippen molar-refractivity contribution in [1.82, 2.24) is 5.01 Å². The molecule has 0 aliphatic rings. The van der Waals surface area contributed by atoms with E-state index >= 15 is 0 Å². The van der Waals surface area contributed by atoms with Gasteiger partial charge < -0.3 is 0 Å². The highest BCUT2D eigenvalue weighted by molar-refractivity contribution is 9.10. The first-order valence-corrected chi connectivity index (χ1v) is 4.95. The second-order valence-corrected chi connectivity index (χ2v) is 3.77. The third-order valence-electron chi connectivity index (χ3n) is 1.63. The van der Waals surface area contributed by atoms with Crippen LogP contribution in [0, 0.1) is 0 Å². The minimum atomic E-state index is 0.755. The van der Waals surface area contributed by atoms with Gasteiger partial charge in [-0.3, -0.25) is 10.0 Å². The van der Waals surface area contributed by atoms with Crippen molar-refractivity contribution in [2.45, 2.75) is 6.54 Å². The van der Waals surface area contributed by atoms with Crippen LogP contribution in [0.5, 0.6) is 0 Å². The molecule has 4 heteroatoms. The molecular weight excluding hydrogens is 242 g/mol. The zero-order valence-corrected chi connectivity index (χ0v) is 9.61. The molecule has 0 fully saturated rings. The lowest BCUT2D eigenvalue weighted by Gasteiger charge is -2.11. The third kappa shape index (κ3) is 3.70. The Balaban J connectivity index is 2.59. The van der Waals surface area contributed by atoms with Gasteiger partial charge >= 0.3 is 0 Å². The van der Waals surface area contributed by atoms with Crippen molar-refractivity contribution in [3.05, 3.63) is 34.3 Å². The summed E-state index contributed by atoms with van der Waals surface area (Å²) < 4.78 is 1.08. The molecule has 74 valence electrons. The van der Waals surface area contributed by atoms with Gasteiger partial charge in [-0.25, -0.2) is 0 Å². The maximum atomic E-state index is 4.03. The molecule has 0 amide bonds. The molecule has 0 unspecified atom stereocenters. The third-order valence-corrected chi connectivity index (χ3v) is 2.12. The highest BCUT2D eigenvalue weighted by Crippen LogP contribution is 2.12. The summed E-state index contributed by atoms with van der Waals surface area (Å²) in [6, 6.07) is 8.12. The van der Waals surface area contributed by atoms with Gasteiger partial charge in [-0.1, -0.05) is 28.1 Å². The average molecular weight is 254 g/mol. The van der Waals surface area contributed by atoms with Crippen LogP contribution in [0.25, 0.3) is 0 Å². The fourth-order valence-electron chi connectivity index (χ4n) is 1.07. The van der Waals surface area contributed by atoms with Crippen LogP contribution in [-0.2, 0) is 6.54 Å². The summed E-state index contributed by atoms with van der Waals surface area (Å²) in [5.41, 5.74) is 1.20. The molecule has 0 heterocycles. The van der Waals surface area contributed by atoms with E-state index in [4.69, 9.17) is 0 Å². The Hall–Kier alpha value is -1.16. The lowest BCUT2D eigenvalue weighted by atomic mass is 10.2. The van der Waals surface area contributed by atoms with Gasteiger partial charge in [0.05, 0.1) is 6.54 Å². The molecule has 1 aromatic rings. The van der Waals surface area contributed by atoms with Crippen molar-refractivity contribution in [2.75, 3.05) is 7.05 Å². The minimum absolute atomic E-state index is 0.755. The van der Waals surface area contributed by atoms with Crippen molar-refractivity contribution in [2.24, 2.45) is 10.1 Å². The molecule has 14 heavy (non-hydrogen) atoms. The van der Waals surface area contributed by atoms with Crippen LogP contribution in [0.4, 0.5) is 0 Å². The van der Waals surface area contributed by atoms with E-state index in [1.54, 1.807) is 5.01 Å². The quantitative estimate of drug-likeness (QED) is 0.461. The Labute approximate surface area is 92.3 Å². The topological polar surface area (TPSA) is 28.0 Å². The minimum Gasteiger partial charge on any atom is -0.294 e. The van der Waals surface area contributed by atoms with Crippen LogP contribution in [-0.4, -0.2) is 25.1 Å². The van der Waals surface area contributed by atoms with Crippen LogP contribution in [0.2, 0.25) is 0 Å². The van der Waals surface area contributed by atoms with Gasteiger partial charge in [0.25, 0.3) is 0 Å². The molecule has 0 saturated heterocycles. The maximum absolute atomic E-state index is 4.03. The van der Waals surface area contributed by atoms with Gasteiger partial charge in [0.15, 0.2) is 0 Å². The molecule has 0 saturated carbocycles. The fraction of sp³-hybridized carbons (Fsp3) is 0.200. The standard InChI is InChI=1S/C10H12BrN3/c1-12-8-13-14(2)7-9-4-3-5-10(11)6-9/h3-6,8H,1,7H2,2H3/b13-8-. The Kier molecular flexibility index (Phi) is 4.32. The van der Waals surface area contributed by atoms with Gasteiger partial charge in [-0.05, 0) is 24.4 Å². The van der Waals surface area contributed by atoms with Crippen molar-refractivity contribution >= 4 is 29.0 Å². The van der Waals surface area contributed by atoms with Crippen LogP contribution < -0.4 is 0 Å². The number of rotatable bonds is 4. The van der Waals surface area contributed by atoms with E-state index in [1.165, 1.54) is 11.9 Å². The number of aliphatic imine (C=N–C) groups is 1. The zero-order valence-electron chi connectivity index (χ0n) is 8.02. The molecule has 3 nitrogen and oxygen atoms in total. The number of hydrazone groups is 1. The van der Waals surface area contributed by atoms with Crippen molar-refractivity contribution < 1.29 is 0 Å². The van der Waals surface area contributed by atoms with E-state index in [2.05, 4.69) is 44.9 Å². The summed E-state index contributed by atoms with van der Waals surface area (Å²) in [5.74, 6) is 0. The molecule has 0 aliphatic carbocycles. The van der Waals surface area contributed by atoms with Crippen molar-refractivity contribution in [1.29, 1.82) is 0 Å². The highest BCUT2D eigenvalue weighted by atomic mass is 79.9. The fourth-order valence-corrected chi connectivity index (χ4v) is 1.51. The first-order valence-electron chi connectivity index (χ1n) is 4.16. The molecule has 0 radical (unpaired) electrons. The summed E-state index contributed by atoms with van der Waals surface area (Å²) in [6.45, 7) is 4.08. The molecule has 1 rings (SSSR count). The second-order valence-electron chi connectivity index (χ2n) is 2.86. The van der Waals surface area contributed by atoms with Gasteiger partial charge in [0.1, 0.15) is 6.34 Å². The van der Waals surface area contributed by atoms with Crippen molar-refractivity contribution in [3.8, 4) is 0 Å². The van der Waals surface area contributed by atoms with Gasteiger partial charge in [-0.15, -0.1) is 0 Å². The van der Waals surface area contributed by atoms with E-state index < -0.39 is 0 Å². The Morgan fingerprint density at radius 2 is 2.36 bits per heavy atom. The Morgan fingerprint density at radius 3 is 3.00 bits per heavy atom. The predicted octanol–water partition coefficient (Wildman–Crippen LogP) is 2.52. The van der Waals surface area contributed by atoms with E-state index in [0.29, 0.717) is 0 Å². The number of nitrogens with zero attached hydrogens (tertiary/aromatic N) is 3. The van der Waals surface area contributed by atoms with Gasteiger partial charge in [0.2, 0.25) is 0 Å². The summed E-state index contributed by atoms with van der Waals surface area (Å²) in [4.78, 5) is 3.54. The largest absolute Gasteiger partial charge is 0.294 e. The first kappa shape index (κ1) is 10.9. The van der Waals surface area contributed by atoms with Crippen LogP contribution in [0.1, 0.15) is 5.56 Å². The van der Waals surface area contributed by atoms with Crippen LogP contribution >= 0.6 is 15.9 Å². The molecule has 0 spiro atoms. The van der Waals surface area contributed by atoms with Gasteiger partial charge in [-0.2, -0.15) is 5.10 Å². The number of halogens is 1. The summed E-state index contributed by atoms with van der Waals surface area (Å²) in [7, 11) is 1.89. The average Bonchev–Trinajstić information content (AvgIpc) is 2.15. The van der Waals surface area contributed by atoms with E-state index in [9.17, 15) is 0 Å². The summed E-state index contributed by atoms with van der Waals surface area (Å²) >= 11 is 3.42. The highest BCUT2D eigenvalue weighted by Gasteiger charge is 1.96. The molecule has 0 bridgehead atoms. The second kappa shape index (κ2) is 5.54. The van der Waals surface area contributed by atoms with Crippen molar-refractivity contribution in [3.63, 3.8) is 0 Å². The monoisotopic (exact) mass is 253 g/mol. The van der Waals surface area contributed by atoms with E-state index in [0.717, 1.165) is 11.0 Å². The lowest BCUT2D eigenvalue weighted by Crippen LogP contribution is -2.10. The normalized spacial score (nSPS) is 10.4. The number of hydrogen-bond donors (Lipinski definition) is 0. The van der Waals surface area contributed by atoms with E-state index in [-0.39, 0.29) is 0 Å². The maximum Gasteiger partial charge on any atom is 0.134 e. The first-order chi connectivity index (χ1) is 6.72. The summed E-state index contributed by atoms with van der Waals surface area (Å²) in [5, 5.41) is 5.83. The zero-order chi connectivity index (χ0) is 10.4. The smallest absolute Gasteiger partial charge is 0.134 e. The summed E-state index contributed by atoms with van der Waals surface area (Å²) in [6.07, 6.45) is 1.43. The SMILES string of the molecule is C=N/C=N\N(C)Cc1cccc(Br)c1. The molecule has 0 atom stereocenters. The van der Waals surface area contributed by atoms with Crippen LogP contribution in [0.15, 0.2) is 38.8 Å². The van der Waals surface area contributed by atoms with Gasteiger partial charge in [0, 0.05) is 11.5 Å². The predicted molar refractivity (Wildman–Crippen MR) is 63.7 cm³/mol. The Morgan fingerprint density at radius 1 is 1.57 bits per heavy atom. The molecule has 0 aromatic heterocycles. The number of benzene rings is 1. The molecular formula is C10H12BrN3. The molecule has 0 aliphatic heterocycles. The molecule has 1 aromatic carbocycles. The van der Waals surface area contributed by atoms with E-state index in [1.807, 2.05) is 19.2 Å².